The molecule has 0 saturated carbocycles. The lowest BCUT2D eigenvalue weighted by Gasteiger charge is -2.28. The Morgan fingerprint density at radius 2 is 1.96 bits per heavy atom. The fourth-order valence-electron chi connectivity index (χ4n) is 1.96. The lowest BCUT2D eigenvalue weighted by Crippen LogP contribution is -2.37. The number of nitrogens with zero attached hydrogens (tertiary/aromatic N) is 1. The molecule has 0 unspecified atom stereocenters. The molecule has 25 heavy (non-hydrogen) atoms. The van der Waals surface area contributed by atoms with E-state index in [4.69, 9.17) is 9.47 Å². The van der Waals surface area contributed by atoms with Crippen molar-refractivity contribution in [2.75, 3.05) is 18.5 Å². The van der Waals surface area contributed by atoms with Crippen LogP contribution < -0.4 is 5.32 Å². The van der Waals surface area contributed by atoms with E-state index in [1.165, 1.54) is 35.4 Å². The third-order valence-corrected chi connectivity index (χ3v) is 3.05. The summed E-state index contributed by atoms with van der Waals surface area (Å²) in [6, 6.07) is 6.12. The highest BCUT2D eigenvalue weighted by Gasteiger charge is 2.23. The summed E-state index contributed by atoms with van der Waals surface area (Å²) in [4.78, 5) is 25.3. The molecule has 1 aliphatic heterocycles. The number of aromatic hydroxyl groups is 1. The number of carbonyl (C=O) groups is 2. The zero-order valence-corrected chi connectivity index (χ0v) is 14.5. The first-order valence-corrected chi connectivity index (χ1v) is 7.85. The topological polar surface area (TPSA) is 88.1 Å². The lowest BCUT2D eigenvalue weighted by atomic mass is 10.2. The van der Waals surface area contributed by atoms with Crippen molar-refractivity contribution in [3.63, 3.8) is 0 Å². The number of anilines is 1. The van der Waals surface area contributed by atoms with Crippen molar-refractivity contribution < 1.29 is 24.2 Å². The van der Waals surface area contributed by atoms with Crippen molar-refractivity contribution >= 4 is 17.7 Å². The Morgan fingerprint density at radius 1 is 1.28 bits per heavy atom. The van der Waals surface area contributed by atoms with Gasteiger partial charge in [-0.2, -0.15) is 0 Å². The number of amides is 2. The molecule has 0 aromatic heterocycles. The standard InChI is InChI=1S/C18H22N2O5/c1-18(2,3)25-17(23)20-10-11-24-15(12-20)8-9-16(22)19-13-4-6-14(21)7-5-13/h4-9,12,21H,10-11H2,1-3H3,(H,19,22)/b9-8+. The maximum absolute atomic E-state index is 12.0. The van der Waals surface area contributed by atoms with Gasteiger partial charge in [0.05, 0.1) is 12.7 Å². The van der Waals surface area contributed by atoms with E-state index < -0.39 is 11.7 Å². The molecule has 1 aromatic carbocycles. The molecular weight excluding hydrogens is 324 g/mol. The van der Waals surface area contributed by atoms with E-state index in [-0.39, 0.29) is 11.7 Å². The minimum atomic E-state index is -0.580. The molecule has 0 radical (unpaired) electrons. The van der Waals surface area contributed by atoms with Crippen molar-refractivity contribution in [1.82, 2.24) is 4.90 Å². The van der Waals surface area contributed by atoms with Crippen LogP contribution in [0.1, 0.15) is 20.8 Å². The molecule has 134 valence electrons. The van der Waals surface area contributed by atoms with E-state index in [1.54, 1.807) is 32.9 Å². The van der Waals surface area contributed by atoms with Crippen LogP contribution in [0.15, 0.2) is 48.4 Å². The van der Waals surface area contributed by atoms with Crippen LogP contribution in [0.3, 0.4) is 0 Å². The number of hydrogen-bond donors (Lipinski definition) is 2. The maximum Gasteiger partial charge on any atom is 0.414 e. The summed E-state index contributed by atoms with van der Waals surface area (Å²) in [6.07, 6.45) is 3.82. The largest absolute Gasteiger partial charge is 0.508 e. The Labute approximate surface area is 146 Å². The fourth-order valence-corrected chi connectivity index (χ4v) is 1.96. The Hall–Kier alpha value is -2.96. The van der Waals surface area contributed by atoms with Crippen molar-refractivity contribution in [3.05, 3.63) is 48.4 Å². The number of phenols is 1. The predicted molar refractivity (Wildman–Crippen MR) is 92.9 cm³/mol. The Balaban J connectivity index is 1.95. The molecule has 2 rings (SSSR count). The second kappa shape index (κ2) is 7.74. The van der Waals surface area contributed by atoms with Crippen LogP contribution in [-0.2, 0) is 14.3 Å². The summed E-state index contributed by atoms with van der Waals surface area (Å²) in [5.74, 6) is 0.152. The monoisotopic (exact) mass is 346 g/mol. The predicted octanol–water partition coefficient (Wildman–Crippen LogP) is 3.00. The van der Waals surface area contributed by atoms with E-state index in [1.807, 2.05) is 0 Å². The van der Waals surface area contributed by atoms with Crippen LogP contribution in [0.5, 0.6) is 5.75 Å². The summed E-state index contributed by atoms with van der Waals surface area (Å²) in [5.41, 5.74) is -0.0233. The van der Waals surface area contributed by atoms with Crippen molar-refractivity contribution in [2.24, 2.45) is 0 Å². The van der Waals surface area contributed by atoms with Gasteiger partial charge >= 0.3 is 6.09 Å². The van der Waals surface area contributed by atoms with E-state index in [9.17, 15) is 14.7 Å². The first-order valence-electron chi connectivity index (χ1n) is 7.85. The van der Waals surface area contributed by atoms with Gasteiger partial charge in [0.15, 0.2) is 0 Å². The number of rotatable bonds is 3. The van der Waals surface area contributed by atoms with E-state index in [0.717, 1.165) is 0 Å². The molecule has 2 N–H and O–H groups in total. The van der Waals surface area contributed by atoms with Gasteiger partial charge in [-0.05, 0) is 51.1 Å². The van der Waals surface area contributed by atoms with Gasteiger partial charge in [0, 0.05) is 11.8 Å². The average Bonchev–Trinajstić information content (AvgIpc) is 2.54. The Morgan fingerprint density at radius 3 is 2.60 bits per heavy atom. The third kappa shape index (κ3) is 6.21. The Kier molecular flexibility index (Phi) is 5.69. The normalized spacial score (nSPS) is 14.7. The molecule has 0 fully saturated rings. The minimum absolute atomic E-state index is 0.122. The highest BCUT2D eigenvalue weighted by Crippen LogP contribution is 2.16. The summed E-state index contributed by atoms with van der Waals surface area (Å²) in [5, 5.41) is 11.9. The SMILES string of the molecule is CC(C)(C)OC(=O)N1C=C(/C=C/C(=O)Nc2ccc(O)cc2)OCC1. The molecule has 1 aliphatic rings. The van der Waals surface area contributed by atoms with Gasteiger partial charge in [-0.25, -0.2) is 4.79 Å². The molecule has 0 saturated heterocycles. The van der Waals surface area contributed by atoms with Crippen molar-refractivity contribution in [1.29, 1.82) is 0 Å². The first-order chi connectivity index (χ1) is 11.7. The van der Waals surface area contributed by atoms with E-state index in [2.05, 4.69) is 5.32 Å². The van der Waals surface area contributed by atoms with Gasteiger partial charge in [-0.15, -0.1) is 0 Å². The van der Waals surface area contributed by atoms with E-state index in [0.29, 0.717) is 24.6 Å². The molecule has 1 aromatic rings. The zero-order chi connectivity index (χ0) is 18.4. The molecule has 0 atom stereocenters. The van der Waals surface area contributed by atoms with Crippen LogP contribution in [0.25, 0.3) is 0 Å². The number of allylic oxidation sites excluding steroid dienone is 1. The second-order valence-corrected chi connectivity index (χ2v) is 6.42. The highest BCUT2D eigenvalue weighted by molar-refractivity contribution is 5.99. The number of benzene rings is 1. The highest BCUT2D eigenvalue weighted by atomic mass is 16.6. The third-order valence-electron chi connectivity index (χ3n) is 3.05. The molecule has 0 spiro atoms. The number of nitrogens with one attached hydrogen (secondary N) is 1. The van der Waals surface area contributed by atoms with Gasteiger partial charge in [0.25, 0.3) is 0 Å². The Bertz CT molecular complexity index is 686. The summed E-state index contributed by atoms with van der Waals surface area (Å²) in [7, 11) is 0. The lowest BCUT2D eigenvalue weighted by molar-refractivity contribution is -0.111. The van der Waals surface area contributed by atoms with Crippen LogP contribution in [0.4, 0.5) is 10.5 Å². The second-order valence-electron chi connectivity index (χ2n) is 6.42. The molecule has 1 heterocycles. The van der Waals surface area contributed by atoms with Crippen molar-refractivity contribution in [2.45, 2.75) is 26.4 Å². The van der Waals surface area contributed by atoms with Crippen LogP contribution in [0, 0.1) is 0 Å². The average molecular weight is 346 g/mol. The molecule has 7 nitrogen and oxygen atoms in total. The van der Waals surface area contributed by atoms with Crippen LogP contribution >= 0.6 is 0 Å². The quantitative estimate of drug-likeness (QED) is 0.649. The van der Waals surface area contributed by atoms with Gasteiger partial charge in [0.2, 0.25) is 5.91 Å². The van der Waals surface area contributed by atoms with Gasteiger partial charge < -0.3 is 19.9 Å². The molecule has 2 amide bonds. The first kappa shape index (κ1) is 18.4. The van der Waals surface area contributed by atoms with Gasteiger partial charge in [-0.3, -0.25) is 9.69 Å². The van der Waals surface area contributed by atoms with Crippen LogP contribution in [0.2, 0.25) is 0 Å². The molecular formula is C18H22N2O5. The summed E-state index contributed by atoms with van der Waals surface area (Å²) < 4.78 is 10.7. The number of ether oxygens (including phenoxy) is 2. The minimum Gasteiger partial charge on any atom is -0.508 e. The molecule has 0 bridgehead atoms. The number of phenolic OH excluding ortho intramolecular Hbond substituents is 1. The number of carbonyl (C=O) groups excluding carboxylic acids is 2. The summed E-state index contributed by atoms with van der Waals surface area (Å²) >= 11 is 0. The number of hydrogen-bond acceptors (Lipinski definition) is 5. The zero-order valence-electron chi connectivity index (χ0n) is 14.5. The fraction of sp³-hybridized carbons (Fsp3) is 0.333. The maximum atomic E-state index is 12.0. The molecule has 0 aliphatic carbocycles. The smallest absolute Gasteiger partial charge is 0.414 e. The van der Waals surface area contributed by atoms with E-state index >= 15 is 0 Å². The van der Waals surface area contributed by atoms with Crippen molar-refractivity contribution in [3.8, 4) is 5.75 Å². The van der Waals surface area contributed by atoms with Crippen LogP contribution in [-0.4, -0.2) is 40.8 Å². The summed E-state index contributed by atoms with van der Waals surface area (Å²) in [6.45, 7) is 6.08. The van der Waals surface area contributed by atoms with Gasteiger partial charge in [0.1, 0.15) is 23.7 Å². The molecule has 7 heteroatoms. The van der Waals surface area contributed by atoms with Gasteiger partial charge in [-0.1, -0.05) is 0 Å².